The molecule has 0 spiro atoms. The summed E-state index contributed by atoms with van der Waals surface area (Å²) in [6, 6.07) is 12.7. The van der Waals surface area contributed by atoms with Gasteiger partial charge >= 0.3 is 0 Å². The summed E-state index contributed by atoms with van der Waals surface area (Å²) in [4.78, 5) is 12.4. The quantitative estimate of drug-likeness (QED) is 0.523. The number of nitrogens with zero attached hydrogens (tertiary/aromatic N) is 1. The number of aromatic amines is 1. The van der Waals surface area contributed by atoms with E-state index >= 15 is 0 Å². The molecule has 3 aromatic rings. The molecule has 0 fully saturated rings. The average Bonchev–Trinajstić information content (AvgIpc) is 3.18. The molecule has 1 heterocycles. The van der Waals surface area contributed by atoms with Gasteiger partial charge in [-0.05, 0) is 55.8 Å². The molecule has 1 aromatic heterocycles. The number of carbonyl (C=O) groups is 1. The number of rotatable bonds is 7. The van der Waals surface area contributed by atoms with Crippen LogP contribution in [0, 0.1) is 6.92 Å². The van der Waals surface area contributed by atoms with E-state index in [0.29, 0.717) is 34.3 Å². The van der Waals surface area contributed by atoms with Gasteiger partial charge in [0.25, 0.3) is 15.9 Å². The van der Waals surface area contributed by atoms with Gasteiger partial charge in [0, 0.05) is 22.5 Å². The molecule has 0 bridgehead atoms. The molecule has 0 aliphatic rings. The number of H-pyrrole nitrogens is 1. The van der Waals surface area contributed by atoms with E-state index in [1.165, 1.54) is 0 Å². The predicted octanol–water partition coefficient (Wildman–Crippen LogP) is 3.82. The molecule has 0 radical (unpaired) electrons. The Morgan fingerprint density at radius 2 is 1.93 bits per heavy atom. The van der Waals surface area contributed by atoms with Gasteiger partial charge in [-0.1, -0.05) is 17.7 Å². The molecular weight excluding hydrogens is 416 g/mol. The maximum absolute atomic E-state index is 12.5. The van der Waals surface area contributed by atoms with Crippen molar-refractivity contribution in [2.75, 3.05) is 16.6 Å². The van der Waals surface area contributed by atoms with Gasteiger partial charge in [-0.3, -0.25) is 14.6 Å². The third kappa shape index (κ3) is 4.87. The maximum Gasteiger partial charge on any atom is 0.278 e. The summed E-state index contributed by atoms with van der Waals surface area (Å²) in [6.07, 6.45) is 0. The van der Waals surface area contributed by atoms with Crippen LogP contribution in [0.1, 0.15) is 23.0 Å². The van der Waals surface area contributed by atoms with Crippen LogP contribution >= 0.6 is 11.6 Å². The number of hydrogen-bond acceptors (Lipinski definition) is 5. The van der Waals surface area contributed by atoms with Gasteiger partial charge in [-0.2, -0.15) is 13.5 Å². The molecule has 3 rings (SSSR count). The van der Waals surface area contributed by atoms with E-state index in [-0.39, 0.29) is 10.7 Å². The Balaban J connectivity index is 1.73. The number of hydrogen-bond donors (Lipinski definition) is 3. The zero-order chi connectivity index (χ0) is 21.0. The zero-order valence-corrected chi connectivity index (χ0v) is 17.3. The molecule has 0 unspecified atom stereocenters. The Labute approximate surface area is 173 Å². The van der Waals surface area contributed by atoms with E-state index in [9.17, 15) is 13.2 Å². The third-order valence-electron chi connectivity index (χ3n) is 4.01. The molecule has 8 nitrogen and oxygen atoms in total. The van der Waals surface area contributed by atoms with Crippen molar-refractivity contribution in [1.82, 2.24) is 10.2 Å². The molecule has 0 aliphatic heterocycles. The van der Waals surface area contributed by atoms with Gasteiger partial charge in [0.15, 0.2) is 10.7 Å². The average molecular weight is 435 g/mol. The van der Waals surface area contributed by atoms with Crippen molar-refractivity contribution in [2.24, 2.45) is 0 Å². The fourth-order valence-electron chi connectivity index (χ4n) is 2.48. The number of halogens is 1. The number of nitrogens with one attached hydrogen (secondary N) is 3. The second kappa shape index (κ2) is 8.54. The second-order valence-electron chi connectivity index (χ2n) is 6.05. The number of benzene rings is 2. The van der Waals surface area contributed by atoms with Crippen LogP contribution in [0.15, 0.2) is 53.6 Å². The lowest BCUT2D eigenvalue weighted by atomic mass is 10.2. The van der Waals surface area contributed by atoms with Crippen LogP contribution in [0.4, 0.5) is 11.4 Å². The highest BCUT2D eigenvalue weighted by Gasteiger charge is 2.21. The lowest BCUT2D eigenvalue weighted by molar-refractivity contribution is 0.102. The van der Waals surface area contributed by atoms with E-state index in [1.54, 1.807) is 49.4 Å². The van der Waals surface area contributed by atoms with Gasteiger partial charge < -0.3 is 10.1 Å². The topological polar surface area (TPSA) is 113 Å². The zero-order valence-electron chi connectivity index (χ0n) is 15.7. The molecule has 0 atom stereocenters. The molecule has 152 valence electrons. The molecule has 10 heteroatoms. The Morgan fingerprint density at radius 3 is 2.62 bits per heavy atom. The Kier molecular flexibility index (Phi) is 6.09. The van der Waals surface area contributed by atoms with Gasteiger partial charge in [0.05, 0.1) is 6.61 Å². The summed E-state index contributed by atoms with van der Waals surface area (Å²) >= 11 is 6.04. The smallest absolute Gasteiger partial charge is 0.278 e. The van der Waals surface area contributed by atoms with Gasteiger partial charge in [-0.15, -0.1) is 0 Å². The molecule has 1 amide bonds. The molecule has 0 saturated heterocycles. The van der Waals surface area contributed by atoms with E-state index in [2.05, 4.69) is 20.2 Å². The van der Waals surface area contributed by atoms with Gasteiger partial charge in [-0.25, -0.2) is 0 Å². The molecule has 2 aromatic carbocycles. The second-order valence-corrected chi connectivity index (χ2v) is 8.10. The Bertz CT molecular complexity index is 1130. The van der Waals surface area contributed by atoms with Crippen LogP contribution in [-0.4, -0.2) is 31.1 Å². The molecule has 3 N–H and O–H groups in total. The number of sulfonamides is 1. The summed E-state index contributed by atoms with van der Waals surface area (Å²) in [5, 5.41) is 9.12. The SMILES string of the molecule is CCOc1ccc(NS(=O)(=O)c2cc(C(=O)Nc3cccc(Cl)c3C)n[nH]2)cc1. The Hall–Kier alpha value is -3.04. The molecule has 0 aliphatic carbocycles. The molecule has 29 heavy (non-hydrogen) atoms. The Morgan fingerprint density at radius 1 is 1.21 bits per heavy atom. The fourth-order valence-corrected chi connectivity index (χ4v) is 3.65. The molecule has 0 saturated carbocycles. The summed E-state index contributed by atoms with van der Waals surface area (Å²) in [7, 11) is -3.95. The first-order chi connectivity index (χ1) is 13.8. The largest absolute Gasteiger partial charge is 0.494 e. The van der Waals surface area contributed by atoms with Crippen molar-refractivity contribution < 1.29 is 17.9 Å². The minimum Gasteiger partial charge on any atom is -0.494 e. The van der Waals surface area contributed by atoms with E-state index < -0.39 is 15.9 Å². The first kappa shape index (κ1) is 20.7. The van der Waals surface area contributed by atoms with Crippen molar-refractivity contribution in [3.8, 4) is 5.75 Å². The van der Waals surface area contributed by atoms with E-state index in [4.69, 9.17) is 16.3 Å². The van der Waals surface area contributed by atoms with Crippen LogP contribution in [0.3, 0.4) is 0 Å². The normalized spacial score (nSPS) is 11.1. The fraction of sp³-hybridized carbons (Fsp3) is 0.158. The van der Waals surface area contributed by atoms with Gasteiger partial charge in [0.1, 0.15) is 5.75 Å². The standard InChI is InChI=1S/C19H19ClN4O4S/c1-3-28-14-9-7-13(8-10-14)24-29(26,27)18-11-17(22-23-18)19(25)21-16-6-4-5-15(20)12(16)2/h4-11,24H,3H2,1-2H3,(H,21,25)(H,22,23). The summed E-state index contributed by atoms with van der Waals surface area (Å²) < 4.78 is 32.8. The number of ether oxygens (including phenoxy) is 1. The highest BCUT2D eigenvalue weighted by Crippen LogP contribution is 2.24. The monoisotopic (exact) mass is 434 g/mol. The van der Waals surface area contributed by atoms with Crippen molar-refractivity contribution in [3.05, 3.63) is 64.8 Å². The maximum atomic E-state index is 12.5. The van der Waals surface area contributed by atoms with E-state index in [1.807, 2.05) is 6.92 Å². The van der Waals surface area contributed by atoms with Crippen LogP contribution in [0.2, 0.25) is 5.02 Å². The van der Waals surface area contributed by atoms with Crippen molar-refractivity contribution >= 4 is 38.9 Å². The number of carbonyl (C=O) groups excluding carboxylic acids is 1. The van der Waals surface area contributed by atoms with Crippen LogP contribution in [0.25, 0.3) is 0 Å². The van der Waals surface area contributed by atoms with Crippen molar-refractivity contribution in [2.45, 2.75) is 18.9 Å². The highest BCUT2D eigenvalue weighted by molar-refractivity contribution is 7.92. The number of anilines is 2. The van der Waals surface area contributed by atoms with Crippen LogP contribution < -0.4 is 14.8 Å². The van der Waals surface area contributed by atoms with Crippen molar-refractivity contribution in [1.29, 1.82) is 0 Å². The lowest BCUT2D eigenvalue weighted by Crippen LogP contribution is -2.14. The van der Waals surface area contributed by atoms with E-state index in [0.717, 1.165) is 6.07 Å². The van der Waals surface area contributed by atoms with Crippen molar-refractivity contribution in [3.63, 3.8) is 0 Å². The third-order valence-corrected chi connectivity index (χ3v) is 5.71. The minimum absolute atomic E-state index is 0.0727. The summed E-state index contributed by atoms with van der Waals surface area (Å²) in [6.45, 7) is 4.13. The summed E-state index contributed by atoms with van der Waals surface area (Å²) in [5.41, 5.74) is 1.49. The summed E-state index contributed by atoms with van der Waals surface area (Å²) in [5.74, 6) is 0.0707. The minimum atomic E-state index is -3.95. The lowest BCUT2D eigenvalue weighted by Gasteiger charge is -2.08. The first-order valence-corrected chi connectivity index (χ1v) is 10.5. The predicted molar refractivity (Wildman–Crippen MR) is 111 cm³/mol. The highest BCUT2D eigenvalue weighted by atomic mass is 35.5. The van der Waals surface area contributed by atoms with Crippen LogP contribution in [-0.2, 0) is 10.0 Å². The van der Waals surface area contributed by atoms with Gasteiger partial charge in [0.2, 0.25) is 0 Å². The van der Waals surface area contributed by atoms with Crippen LogP contribution in [0.5, 0.6) is 5.75 Å². The molecular formula is C19H19ClN4O4S. The number of amides is 1. The first-order valence-electron chi connectivity index (χ1n) is 8.67. The number of aromatic nitrogens is 2.